The number of benzene rings is 2. The minimum absolute atomic E-state index is 0.618. The number of likely N-dealkylation sites (N-methyl/N-ethyl adjacent to an activating group) is 1. The van der Waals surface area contributed by atoms with E-state index in [-0.39, 0.29) is 0 Å². The average molecular weight is 489 g/mol. The van der Waals surface area contributed by atoms with Crippen LogP contribution >= 0.6 is 0 Å². The van der Waals surface area contributed by atoms with Crippen LogP contribution in [0.15, 0.2) is 85.3 Å². The first-order valence-electron chi connectivity index (χ1n) is 12.7. The maximum atomic E-state index is 5.52. The van der Waals surface area contributed by atoms with Gasteiger partial charge in [-0.25, -0.2) is 9.50 Å². The second kappa shape index (κ2) is 8.71. The van der Waals surface area contributed by atoms with Crippen LogP contribution in [-0.4, -0.2) is 63.8 Å². The molecule has 37 heavy (non-hydrogen) atoms. The number of methoxy groups -OCH3 is 1. The summed E-state index contributed by atoms with van der Waals surface area (Å²) in [4.78, 5) is 14.0. The van der Waals surface area contributed by atoms with Crippen LogP contribution in [0.1, 0.15) is 6.42 Å². The van der Waals surface area contributed by atoms with Gasteiger partial charge in [0.05, 0.1) is 18.4 Å². The van der Waals surface area contributed by atoms with Gasteiger partial charge in [0, 0.05) is 60.6 Å². The number of nitrogens with zero attached hydrogens (tertiary/aromatic N) is 6. The Morgan fingerprint density at radius 2 is 1.68 bits per heavy atom. The van der Waals surface area contributed by atoms with Gasteiger partial charge in [-0.15, -0.1) is 0 Å². The highest BCUT2D eigenvalue weighted by Crippen LogP contribution is 2.38. The van der Waals surface area contributed by atoms with E-state index in [2.05, 4.69) is 52.2 Å². The van der Waals surface area contributed by atoms with Crippen molar-refractivity contribution in [2.75, 3.05) is 32.1 Å². The largest absolute Gasteiger partial charge is 0.497 e. The van der Waals surface area contributed by atoms with Gasteiger partial charge in [0.1, 0.15) is 11.4 Å². The third-order valence-electron chi connectivity index (χ3n) is 7.84. The quantitative estimate of drug-likeness (QED) is 0.346. The summed E-state index contributed by atoms with van der Waals surface area (Å²) in [5.74, 6) is 0.797. The van der Waals surface area contributed by atoms with Gasteiger partial charge in [-0.1, -0.05) is 24.3 Å². The number of piperazine rings is 1. The lowest BCUT2D eigenvalue weighted by Crippen LogP contribution is -2.44. The molecule has 0 aliphatic carbocycles. The van der Waals surface area contributed by atoms with Crippen LogP contribution in [0.25, 0.3) is 39.3 Å². The van der Waals surface area contributed by atoms with Crippen LogP contribution in [0, 0.1) is 0 Å². The fraction of sp³-hybridized carbons (Fsp3) is 0.233. The number of pyridine rings is 1. The highest BCUT2D eigenvalue weighted by Gasteiger charge is 2.41. The first kappa shape index (κ1) is 22.0. The van der Waals surface area contributed by atoms with Gasteiger partial charge in [0.2, 0.25) is 0 Å². The van der Waals surface area contributed by atoms with Crippen molar-refractivity contribution in [3.8, 4) is 39.4 Å². The molecule has 7 nitrogen and oxygen atoms in total. The van der Waals surface area contributed by atoms with Crippen LogP contribution in [0.4, 0.5) is 5.69 Å². The predicted molar refractivity (Wildman–Crippen MR) is 146 cm³/mol. The Kier molecular flexibility index (Phi) is 5.18. The lowest BCUT2D eigenvalue weighted by Gasteiger charge is -2.33. The van der Waals surface area contributed by atoms with Crippen molar-refractivity contribution in [1.82, 2.24) is 24.5 Å². The van der Waals surface area contributed by atoms with Gasteiger partial charge in [-0.2, -0.15) is 5.10 Å². The highest BCUT2D eigenvalue weighted by molar-refractivity contribution is 5.91. The Balaban J connectivity index is 1.34. The number of ether oxygens (including phenoxy) is 1. The maximum absolute atomic E-state index is 5.52. The van der Waals surface area contributed by atoms with Crippen LogP contribution in [0.5, 0.6) is 5.75 Å². The lowest BCUT2D eigenvalue weighted by molar-refractivity contribution is 0.292. The summed E-state index contributed by atoms with van der Waals surface area (Å²) < 4.78 is 7.48. The van der Waals surface area contributed by atoms with Crippen molar-refractivity contribution in [3.05, 3.63) is 85.3 Å². The van der Waals surface area contributed by atoms with Crippen molar-refractivity contribution in [2.24, 2.45) is 0 Å². The molecule has 0 unspecified atom stereocenters. The second-order valence-electron chi connectivity index (χ2n) is 9.94. The van der Waals surface area contributed by atoms with Gasteiger partial charge >= 0.3 is 0 Å². The highest BCUT2D eigenvalue weighted by atomic mass is 16.5. The van der Waals surface area contributed by atoms with Crippen molar-refractivity contribution in [2.45, 2.75) is 18.5 Å². The molecule has 7 rings (SSSR count). The van der Waals surface area contributed by atoms with Crippen molar-refractivity contribution in [3.63, 3.8) is 0 Å². The first-order valence-corrected chi connectivity index (χ1v) is 12.7. The third-order valence-corrected chi connectivity index (χ3v) is 7.84. The van der Waals surface area contributed by atoms with Gasteiger partial charge in [0.15, 0.2) is 5.65 Å². The molecular weight excluding hydrogens is 460 g/mol. The number of likely N-dealkylation sites (tertiary alicyclic amines) is 1. The lowest BCUT2D eigenvalue weighted by atomic mass is 10.0. The molecule has 2 aliphatic heterocycles. The zero-order valence-corrected chi connectivity index (χ0v) is 21.0. The predicted octanol–water partition coefficient (Wildman–Crippen LogP) is 5.03. The SMILES string of the molecule is COc1cccc(-c2c(-c3ccncc3)nn3c(-c4ccc(N5C[C@@H]6C[C@@H]5CN6C)cc4)ccnc23)c1. The van der Waals surface area contributed by atoms with Gasteiger partial charge < -0.3 is 9.64 Å². The Morgan fingerprint density at radius 3 is 2.41 bits per heavy atom. The second-order valence-corrected chi connectivity index (χ2v) is 9.94. The van der Waals surface area contributed by atoms with Gasteiger partial charge in [-0.3, -0.25) is 9.88 Å². The first-order chi connectivity index (χ1) is 18.2. The molecule has 2 saturated heterocycles. The van der Waals surface area contributed by atoms with E-state index in [1.54, 1.807) is 19.5 Å². The molecule has 3 aromatic heterocycles. The minimum Gasteiger partial charge on any atom is -0.497 e. The molecule has 2 bridgehead atoms. The fourth-order valence-electron chi connectivity index (χ4n) is 5.93. The summed E-state index contributed by atoms with van der Waals surface area (Å²) in [5.41, 5.74) is 8.06. The molecule has 5 aromatic rings. The third kappa shape index (κ3) is 3.65. The van der Waals surface area contributed by atoms with E-state index in [1.165, 1.54) is 12.1 Å². The molecule has 7 heteroatoms. The number of aromatic nitrogens is 4. The Bertz CT molecular complexity index is 1580. The van der Waals surface area contributed by atoms with E-state index in [9.17, 15) is 0 Å². The van der Waals surface area contributed by atoms with E-state index in [0.717, 1.165) is 58.1 Å². The molecule has 2 aromatic carbocycles. The summed E-state index contributed by atoms with van der Waals surface area (Å²) in [7, 11) is 3.93. The number of hydrogen-bond donors (Lipinski definition) is 0. The van der Waals surface area contributed by atoms with Crippen molar-refractivity contribution >= 4 is 11.3 Å². The summed E-state index contributed by atoms with van der Waals surface area (Å²) in [5, 5.41) is 5.10. The molecular formula is C30H28N6O. The molecule has 2 fully saturated rings. The standard InChI is InChI=1S/C30H28N6O/c1-34-18-25-17-24(34)19-35(25)23-8-6-20(7-9-23)27-12-15-32-30-28(22-4-3-5-26(16-22)37-2)29(33-36(27)30)21-10-13-31-14-11-21/h3-16,24-25H,17-19H2,1-2H3/t24-,25+/m0/s1. The normalized spacial score (nSPS) is 19.1. The van der Waals surface area contributed by atoms with Crippen molar-refractivity contribution in [1.29, 1.82) is 0 Å². The zero-order chi connectivity index (χ0) is 24.9. The Morgan fingerprint density at radius 1 is 0.838 bits per heavy atom. The number of rotatable bonds is 5. The maximum Gasteiger partial charge on any atom is 0.164 e. The average Bonchev–Trinajstić information content (AvgIpc) is 3.66. The smallest absolute Gasteiger partial charge is 0.164 e. The molecule has 184 valence electrons. The monoisotopic (exact) mass is 488 g/mol. The molecule has 0 spiro atoms. The van der Waals surface area contributed by atoms with Gasteiger partial charge in [-0.05, 0) is 61.5 Å². The number of anilines is 1. The van der Waals surface area contributed by atoms with Crippen LogP contribution in [0.2, 0.25) is 0 Å². The molecule has 0 saturated carbocycles. The van der Waals surface area contributed by atoms with E-state index in [4.69, 9.17) is 14.8 Å². The molecule has 2 atom stereocenters. The van der Waals surface area contributed by atoms with Crippen LogP contribution in [-0.2, 0) is 0 Å². The molecule has 0 N–H and O–H groups in total. The minimum atomic E-state index is 0.618. The Hall–Kier alpha value is -4.23. The van der Waals surface area contributed by atoms with E-state index >= 15 is 0 Å². The summed E-state index contributed by atoms with van der Waals surface area (Å²) in [6, 6.07) is 24.3. The fourth-order valence-corrected chi connectivity index (χ4v) is 5.93. The zero-order valence-electron chi connectivity index (χ0n) is 21.0. The Labute approximate surface area is 216 Å². The van der Waals surface area contributed by atoms with Gasteiger partial charge in [0.25, 0.3) is 0 Å². The topological polar surface area (TPSA) is 58.8 Å². The summed E-state index contributed by atoms with van der Waals surface area (Å²) in [6.07, 6.45) is 6.73. The van der Waals surface area contributed by atoms with Crippen LogP contribution in [0.3, 0.4) is 0 Å². The molecule has 0 amide bonds. The summed E-state index contributed by atoms with van der Waals surface area (Å²) in [6.45, 7) is 2.26. The summed E-state index contributed by atoms with van der Waals surface area (Å²) >= 11 is 0. The number of hydrogen-bond acceptors (Lipinski definition) is 6. The molecule has 5 heterocycles. The van der Waals surface area contributed by atoms with E-state index in [1.807, 2.05) is 47.1 Å². The number of fused-ring (bicyclic) bond motifs is 3. The van der Waals surface area contributed by atoms with Crippen LogP contribution < -0.4 is 9.64 Å². The molecule has 0 radical (unpaired) electrons. The van der Waals surface area contributed by atoms with E-state index in [0.29, 0.717) is 12.1 Å². The molecule has 2 aliphatic rings. The van der Waals surface area contributed by atoms with E-state index < -0.39 is 0 Å². The van der Waals surface area contributed by atoms with Crippen molar-refractivity contribution < 1.29 is 4.74 Å².